The predicted molar refractivity (Wildman–Crippen MR) is 55.1 cm³/mol. The zero-order valence-corrected chi connectivity index (χ0v) is 8.23. The van der Waals surface area contributed by atoms with Crippen LogP contribution in [0, 0.1) is 0 Å². The standard InChI is InChI=1S/C10H11ClN2/c1-2-3-9-8-6-7(11)4-5-10(8)13-12-9/h4-6H,2-3H2,1H3,(H,12,13). The summed E-state index contributed by atoms with van der Waals surface area (Å²) in [5.41, 5.74) is 2.17. The summed E-state index contributed by atoms with van der Waals surface area (Å²) in [6.45, 7) is 2.15. The minimum atomic E-state index is 0.770. The highest BCUT2D eigenvalue weighted by atomic mass is 35.5. The van der Waals surface area contributed by atoms with Crippen molar-refractivity contribution in [2.75, 3.05) is 0 Å². The van der Waals surface area contributed by atoms with Crippen molar-refractivity contribution < 1.29 is 0 Å². The highest BCUT2D eigenvalue weighted by Gasteiger charge is 2.03. The molecule has 68 valence electrons. The van der Waals surface area contributed by atoms with Crippen LogP contribution in [-0.2, 0) is 6.42 Å². The molecule has 1 aromatic heterocycles. The summed E-state index contributed by atoms with van der Waals surface area (Å²) in [4.78, 5) is 0. The topological polar surface area (TPSA) is 28.7 Å². The van der Waals surface area contributed by atoms with Gasteiger partial charge in [-0.25, -0.2) is 0 Å². The van der Waals surface area contributed by atoms with Crippen LogP contribution in [0.5, 0.6) is 0 Å². The molecule has 0 bridgehead atoms. The molecule has 3 heteroatoms. The molecule has 0 unspecified atom stereocenters. The summed E-state index contributed by atoms with van der Waals surface area (Å²) < 4.78 is 0. The second kappa shape index (κ2) is 3.38. The van der Waals surface area contributed by atoms with Crippen molar-refractivity contribution in [1.82, 2.24) is 10.2 Å². The number of hydrogen-bond acceptors (Lipinski definition) is 1. The van der Waals surface area contributed by atoms with Crippen molar-refractivity contribution >= 4 is 22.5 Å². The Labute approximate surface area is 81.9 Å². The molecule has 2 aromatic rings. The zero-order valence-electron chi connectivity index (χ0n) is 7.47. The van der Waals surface area contributed by atoms with E-state index >= 15 is 0 Å². The second-order valence-electron chi connectivity index (χ2n) is 3.11. The van der Waals surface area contributed by atoms with Gasteiger partial charge in [0.05, 0.1) is 5.52 Å². The minimum Gasteiger partial charge on any atom is -0.281 e. The lowest BCUT2D eigenvalue weighted by Crippen LogP contribution is -1.82. The summed E-state index contributed by atoms with van der Waals surface area (Å²) in [5, 5.41) is 9.15. The Bertz CT molecular complexity index is 420. The highest BCUT2D eigenvalue weighted by molar-refractivity contribution is 6.31. The Balaban J connectivity index is 2.58. The van der Waals surface area contributed by atoms with Crippen molar-refractivity contribution in [3.63, 3.8) is 0 Å². The largest absolute Gasteiger partial charge is 0.281 e. The molecule has 0 saturated heterocycles. The van der Waals surface area contributed by atoms with E-state index in [2.05, 4.69) is 17.1 Å². The summed E-state index contributed by atoms with van der Waals surface area (Å²) in [5.74, 6) is 0. The van der Waals surface area contributed by atoms with Gasteiger partial charge in [-0.15, -0.1) is 0 Å². The molecular formula is C10H11ClN2. The first-order chi connectivity index (χ1) is 6.31. The molecular weight excluding hydrogens is 184 g/mol. The van der Waals surface area contributed by atoms with Crippen molar-refractivity contribution in [2.24, 2.45) is 0 Å². The van der Waals surface area contributed by atoms with E-state index in [1.165, 1.54) is 5.69 Å². The van der Waals surface area contributed by atoms with Gasteiger partial charge in [0.1, 0.15) is 0 Å². The molecule has 1 heterocycles. The zero-order chi connectivity index (χ0) is 9.26. The lowest BCUT2D eigenvalue weighted by atomic mass is 10.1. The van der Waals surface area contributed by atoms with Gasteiger partial charge >= 0.3 is 0 Å². The third-order valence-electron chi connectivity index (χ3n) is 2.10. The number of fused-ring (bicyclic) bond motifs is 1. The number of rotatable bonds is 2. The number of aromatic nitrogens is 2. The number of nitrogens with zero attached hydrogens (tertiary/aromatic N) is 1. The Morgan fingerprint density at radius 1 is 1.46 bits per heavy atom. The fourth-order valence-electron chi connectivity index (χ4n) is 1.48. The summed E-state index contributed by atoms with van der Waals surface area (Å²) in [6.07, 6.45) is 2.14. The van der Waals surface area contributed by atoms with Gasteiger partial charge in [0.2, 0.25) is 0 Å². The molecule has 0 aliphatic carbocycles. The van der Waals surface area contributed by atoms with Crippen molar-refractivity contribution in [3.05, 3.63) is 28.9 Å². The Kier molecular flexibility index (Phi) is 2.23. The van der Waals surface area contributed by atoms with Gasteiger partial charge in [0.25, 0.3) is 0 Å². The second-order valence-corrected chi connectivity index (χ2v) is 3.55. The summed E-state index contributed by atoms with van der Waals surface area (Å²) in [7, 11) is 0. The molecule has 0 amide bonds. The van der Waals surface area contributed by atoms with Crippen LogP contribution in [0.1, 0.15) is 19.0 Å². The van der Waals surface area contributed by atoms with Gasteiger partial charge in [-0.05, 0) is 24.6 Å². The van der Waals surface area contributed by atoms with Crippen LogP contribution in [-0.4, -0.2) is 10.2 Å². The molecule has 0 aliphatic rings. The smallest absolute Gasteiger partial charge is 0.0924 e. The molecule has 2 nitrogen and oxygen atoms in total. The van der Waals surface area contributed by atoms with Crippen LogP contribution in [0.3, 0.4) is 0 Å². The first-order valence-corrected chi connectivity index (χ1v) is 4.81. The minimum absolute atomic E-state index is 0.770. The number of hydrogen-bond donors (Lipinski definition) is 1. The van der Waals surface area contributed by atoms with Gasteiger partial charge in [-0.3, -0.25) is 5.10 Å². The third-order valence-corrected chi connectivity index (χ3v) is 2.33. The van der Waals surface area contributed by atoms with Gasteiger partial charge in [-0.1, -0.05) is 24.9 Å². The van der Waals surface area contributed by atoms with Crippen molar-refractivity contribution in [2.45, 2.75) is 19.8 Å². The van der Waals surface area contributed by atoms with Gasteiger partial charge in [0, 0.05) is 16.1 Å². The molecule has 0 radical (unpaired) electrons. The van der Waals surface area contributed by atoms with E-state index in [1.54, 1.807) is 0 Å². The van der Waals surface area contributed by atoms with E-state index < -0.39 is 0 Å². The van der Waals surface area contributed by atoms with Crippen LogP contribution in [0.25, 0.3) is 10.9 Å². The Morgan fingerprint density at radius 3 is 3.08 bits per heavy atom. The Hall–Kier alpha value is -1.02. The average molecular weight is 195 g/mol. The monoisotopic (exact) mass is 194 g/mol. The quantitative estimate of drug-likeness (QED) is 0.782. The van der Waals surface area contributed by atoms with E-state index in [0.717, 1.165) is 28.8 Å². The van der Waals surface area contributed by atoms with Crippen molar-refractivity contribution in [1.29, 1.82) is 0 Å². The number of aromatic amines is 1. The maximum atomic E-state index is 5.91. The SMILES string of the molecule is CCCc1[nH]nc2ccc(Cl)cc12. The lowest BCUT2D eigenvalue weighted by molar-refractivity contribution is 0.874. The third kappa shape index (κ3) is 1.54. The molecule has 2 rings (SSSR count). The van der Waals surface area contributed by atoms with Gasteiger partial charge < -0.3 is 0 Å². The van der Waals surface area contributed by atoms with Gasteiger partial charge in [-0.2, -0.15) is 5.10 Å². The first-order valence-electron chi connectivity index (χ1n) is 4.43. The van der Waals surface area contributed by atoms with Crippen LogP contribution >= 0.6 is 11.6 Å². The molecule has 0 fully saturated rings. The number of benzene rings is 1. The fourth-order valence-corrected chi connectivity index (χ4v) is 1.65. The van der Waals surface area contributed by atoms with Crippen molar-refractivity contribution in [3.8, 4) is 0 Å². The highest BCUT2D eigenvalue weighted by Crippen LogP contribution is 2.21. The maximum Gasteiger partial charge on any atom is 0.0924 e. The average Bonchev–Trinajstić information content (AvgIpc) is 2.49. The molecule has 0 atom stereocenters. The lowest BCUT2D eigenvalue weighted by Gasteiger charge is -1.94. The van der Waals surface area contributed by atoms with Crippen LogP contribution in [0.15, 0.2) is 18.2 Å². The molecule has 1 aromatic carbocycles. The fraction of sp³-hybridized carbons (Fsp3) is 0.300. The maximum absolute atomic E-state index is 5.91. The molecule has 0 saturated carbocycles. The van der Waals surface area contributed by atoms with E-state index in [-0.39, 0.29) is 0 Å². The van der Waals surface area contributed by atoms with E-state index in [9.17, 15) is 0 Å². The number of halogens is 1. The van der Waals surface area contributed by atoms with Crippen LogP contribution in [0.4, 0.5) is 0 Å². The van der Waals surface area contributed by atoms with E-state index in [0.29, 0.717) is 0 Å². The number of H-pyrrole nitrogens is 1. The number of nitrogens with one attached hydrogen (secondary N) is 1. The van der Waals surface area contributed by atoms with Crippen LogP contribution < -0.4 is 0 Å². The van der Waals surface area contributed by atoms with E-state index in [1.807, 2.05) is 18.2 Å². The molecule has 1 N–H and O–H groups in total. The first kappa shape index (κ1) is 8.57. The normalized spacial score (nSPS) is 10.9. The number of aryl methyl sites for hydroxylation is 1. The van der Waals surface area contributed by atoms with Crippen LogP contribution in [0.2, 0.25) is 5.02 Å². The summed E-state index contributed by atoms with van der Waals surface area (Å²) in [6, 6.07) is 5.76. The summed E-state index contributed by atoms with van der Waals surface area (Å²) >= 11 is 5.91. The predicted octanol–water partition coefficient (Wildman–Crippen LogP) is 3.17. The molecule has 0 aliphatic heterocycles. The van der Waals surface area contributed by atoms with E-state index in [4.69, 9.17) is 11.6 Å². The molecule has 0 spiro atoms. The van der Waals surface area contributed by atoms with Gasteiger partial charge in [0.15, 0.2) is 0 Å². The Morgan fingerprint density at radius 2 is 2.31 bits per heavy atom. The molecule has 13 heavy (non-hydrogen) atoms.